The van der Waals surface area contributed by atoms with Crippen LogP contribution in [-0.2, 0) is 4.79 Å². The van der Waals surface area contributed by atoms with Crippen LogP contribution in [0.3, 0.4) is 0 Å². The average molecular weight is 468 g/mol. The first-order chi connectivity index (χ1) is 16.0. The predicted octanol–water partition coefficient (Wildman–Crippen LogP) is 4.14. The third-order valence-electron chi connectivity index (χ3n) is 4.39. The van der Waals surface area contributed by atoms with E-state index in [9.17, 15) is 9.59 Å². The normalized spacial score (nSPS) is 10.5. The Morgan fingerprint density at radius 3 is 2.24 bits per heavy atom. The largest absolute Gasteiger partial charge is 0.497 e. The van der Waals surface area contributed by atoms with Crippen molar-refractivity contribution in [2.24, 2.45) is 5.10 Å². The number of nitrogens with one attached hydrogen (secondary N) is 2. The summed E-state index contributed by atoms with van der Waals surface area (Å²) in [5.41, 5.74) is 4.06. The molecular weight excluding hydrogens is 446 g/mol. The Hall–Kier alpha value is -4.04. The molecule has 0 aliphatic carbocycles. The summed E-state index contributed by atoms with van der Waals surface area (Å²) in [5, 5.41) is 7.10. The van der Waals surface area contributed by atoms with Crippen molar-refractivity contribution in [3.63, 3.8) is 0 Å². The Bertz CT molecular complexity index is 1130. The van der Waals surface area contributed by atoms with Crippen molar-refractivity contribution in [1.82, 2.24) is 5.43 Å². The second-order valence-electron chi connectivity index (χ2n) is 6.69. The first-order valence-corrected chi connectivity index (χ1v) is 10.2. The van der Waals surface area contributed by atoms with E-state index in [1.165, 1.54) is 20.4 Å². The molecule has 3 aromatic rings. The van der Waals surface area contributed by atoms with Crippen LogP contribution in [0.5, 0.6) is 17.2 Å². The Morgan fingerprint density at radius 1 is 0.939 bits per heavy atom. The van der Waals surface area contributed by atoms with E-state index in [1.807, 2.05) is 0 Å². The number of amides is 2. The molecule has 2 amide bonds. The van der Waals surface area contributed by atoms with E-state index in [-0.39, 0.29) is 12.5 Å². The summed E-state index contributed by atoms with van der Waals surface area (Å²) in [5.74, 6) is 0.770. The van der Waals surface area contributed by atoms with Crippen LogP contribution in [0.2, 0.25) is 5.02 Å². The quantitative estimate of drug-likeness (QED) is 0.364. The van der Waals surface area contributed by atoms with Crippen molar-refractivity contribution < 1.29 is 23.8 Å². The van der Waals surface area contributed by atoms with E-state index < -0.39 is 5.91 Å². The van der Waals surface area contributed by atoms with Crippen LogP contribution in [0, 0.1) is 0 Å². The number of anilines is 1. The molecule has 0 atom stereocenters. The summed E-state index contributed by atoms with van der Waals surface area (Å²) in [6.07, 6.45) is 1.49. The minimum absolute atomic E-state index is 0.168. The second kappa shape index (κ2) is 11.5. The van der Waals surface area contributed by atoms with Gasteiger partial charge in [-0.05, 0) is 54.1 Å². The van der Waals surface area contributed by atoms with Gasteiger partial charge in [0.2, 0.25) is 0 Å². The lowest BCUT2D eigenvalue weighted by Crippen LogP contribution is -2.20. The molecule has 0 radical (unpaired) electrons. The highest BCUT2D eigenvalue weighted by Gasteiger charge is 2.09. The van der Waals surface area contributed by atoms with Crippen molar-refractivity contribution in [2.45, 2.75) is 0 Å². The number of methoxy groups -OCH3 is 2. The highest BCUT2D eigenvalue weighted by atomic mass is 35.5. The van der Waals surface area contributed by atoms with Gasteiger partial charge in [0.15, 0.2) is 6.61 Å². The van der Waals surface area contributed by atoms with Gasteiger partial charge in [0, 0.05) is 11.6 Å². The van der Waals surface area contributed by atoms with Gasteiger partial charge in [0.05, 0.1) is 31.1 Å². The summed E-state index contributed by atoms with van der Waals surface area (Å²) in [4.78, 5) is 24.4. The molecule has 0 saturated carbocycles. The Kier molecular flexibility index (Phi) is 8.26. The van der Waals surface area contributed by atoms with E-state index in [0.717, 1.165) is 5.56 Å². The molecule has 0 fully saturated rings. The first kappa shape index (κ1) is 23.6. The monoisotopic (exact) mass is 467 g/mol. The number of carbonyl (C=O) groups excluding carboxylic acids is 2. The van der Waals surface area contributed by atoms with Gasteiger partial charge in [-0.3, -0.25) is 9.59 Å². The Labute approximate surface area is 196 Å². The van der Waals surface area contributed by atoms with Gasteiger partial charge in [-0.1, -0.05) is 23.7 Å². The number of hydrazone groups is 1. The number of nitrogens with zero attached hydrogens (tertiary/aromatic N) is 1. The van der Waals surface area contributed by atoms with Gasteiger partial charge < -0.3 is 19.5 Å². The lowest BCUT2D eigenvalue weighted by molar-refractivity contribution is -0.118. The fourth-order valence-corrected chi connectivity index (χ4v) is 2.90. The summed E-state index contributed by atoms with van der Waals surface area (Å²) >= 11 is 6.02. The van der Waals surface area contributed by atoms with Crippen LogP contribution in [0.15, 0.2) is 71.8 Å². The summed E-state index contributed by atoms with van der Waals surface area (Å²) in [6, 6.07) is 18.7. The zero-order chi connectivity index (χ0) is 23.6. The molecule has 3 aromatic carbocycles. The van der Waals surface area contributed by atoms with E-state index in [2.05, 4.69) is 15.8 Å². The van der Waals surface area contributed by atoms with Crippen LogP contribution in [0.1, 0.15) is 15.9 Å². The molecule has 2 N–H and O–H groups in total. The maximum absolute atomic E-state index is 12.3. The highest BCUT2D eigenvalue weighted by Crippen LogP contribution is 2.22. The molecule has 0 aromatic heterocycles. The van der Waals surface area contributed by atoms with Crippen molar-refractivity contribution in [3.8, 4) is 17.2 Å². The molecule has 0 aliphatic rings. The predicted molar refractivity (Wildman–Crippen MR) is 127 cm³/mol. The average Bonchev–Trinajstić information content (AvgIpc) is 2.84. The van der Waals surface area contributed by atoms with Gasteiger partial charge in [0.25, 0.3) is 11.8 Å². The molecular formula is C24H22ClN3O5. The topological polar surface area (TPSA) is 98.2 Å². The number of hydrogen-bond acceptors (Lipinski definition) is 6. The van der Waals surface area contributed by atoms with E-state index >= 15 is 0 Å². The van der Waals surface area contributed by atoms with E-state index in [0.29, 0.717) is 33.5 Å². The number of ether oxygens (including phenoxy) is 3. The van der Waals surface area contributed by atoms with Gasteiger partial charge in [-0.2, -0.15) is 5.10 Å². The van der Waals surface area contributed by atoms with Crippen LogP contribution >= 0.6 is 11.6 Å². The number of hydrogen-bond donors (Lipinski definition) is 2. The molecule has 0 heterocycles. The molecule has 3 rings (SSSR count). The van der Waals surface area contributed by atoms with Crippen molar-refractivity contribution in [1.29, 1.82) is 0 Å². The summed E-state index contributed by atoms with van der Waals surface area (Å²) < 4.78 is 15.8. The van der Waals surface area contributed by atoms with Gasteiger partial charge >= 0.3 is 0 Å². The molecule has 8 nitrogen and oxygen atoms in total. The zero-order valence-electron chi connectivity index (χ0n) is 18.0. The number of para-hydroxylation sites is 1. The molecule has 170 valence electrons. The maximum atomic E-state index is 12.3. The minimum Gasteiger partial charge on any atom is -0.497 e. The highest BCUT2D eigenvalue weighted by molar-refractivity contribution is 6.33. The summed E-state index contributed by atoms with van der Waals surface area (Å²) in [6.45, 7) is -0.168. The molecule has 33 heavy (non-hydrogen) atoms. The maximum Gasteiger partial charge on any atom is 0.271 e. The first-order valence-electron chi connectivity index (χ1n) is 9.82. The van der Waals surface area contributed by atoms with Gasteiger partial charge in [-0.25, -0.2) is 5.43 Å². The molecule has 9 heteroatoms. The lowest BCUT2D eigenvalue weighted by atomic mass is 10.2. The number of rotatable bonds is 9. The Balaban J connectivity index is 1.50. The smallest absolute Gasteiger partial charge is 0.271 e. The minimum atomic E-state index is -0.409. The number of benzene rings is 3. The molecule has 0 spiro atoms. The fourth-order valence-electron chi connectivity index (χ4n) is 2.72. The number of carbonyl (C=O) groups is 2. The third-order valence-corrected chi connectivity index (χ3v) is 4.72. The van der Waals surface area contributed by atoms with Gasteiger partial charge in [0.1, 0.15) is 17.2 Å². The molecule has 0 saturated heterocycles. The van der Waals surface area contributed by atoms with E-state index in [1.54, 1.807) is 66.7 Å². The lowest BCUT2D eigenvalue weighted by Gasteiger charge is -2.09. The fraction of sp³-hybridized carbons (Fsp3) is 0.125. The third kappa shape index (κ3) is 6.98. The van der Waals surface area contributed by atoms with Crippen LogP contribution in [-0.4, -0.2) is 38.9 Å². The zero-order valence-corrected chi connectivity index (χ0v) is 18.8. The second-order valence-corrected chi connectivity index (χ2v) is 7.09. The molecule has 0 unspecified atom stereocenters. The number of halogens is 1. The SMILES string of the molecule is COc1cc(OC)cc(C(=O)N/N=C\c2ccc(OCC(=O)Nc3ccccc3Cl)cc2)c1. The van der Waals surface area contributed by atoms with Crippen molar-refractivity contribution in [3.05, 3.63) is 82.9 Å². The van der Waals surface area contributed by atoms with E-state index in [4.69, 9.17) is 25.8 Å². The standard InChI is InChI=1S/C24H22ClN3O5/c1-31-19-11-17(12-20(13-19)32-2)24(30)28-26-14-16-7-9-18(10-8-16)33-15-23(29)27-22-6-4-3-5-21(22)25/h3-14H,15H2,1-2H3,(H,27,29)(H,28,30)/b26-14-. The molecule has 0 bridgehead atoms. The van der Waals surface area contributed by atoms with Crippen molar-refractivity contribution >= 4 is 35.3 Å². The van der Waals surface area contributed by atoms with Crippen LogP contribution in [0.25, 0.3) is 0 Å². The van der Waals surface area contributed by atoms with Crippen molar-refractivity contribution in [2.75, 3.05) is 26.1 Å². The Morgan fingerprint density at radius 2 is 1.61 bits per heavy atom. The molecule has 0 aliphatic heterocycles. The van der Waals surface area contributed by atoms with Crippen LogP contribution < -0.4 is 25.0 Å². The van der Waals surface area contributed by atoms with Gasteiger partial charge in [-0.15, -0.1) is 0 Å². The summed E-state index contributed by atoms with van der Waals surface area (Å²) in [7, 11) is 3.01. The van der Waals surface area contributed by atoms with Crippen LogP contribution in [0.4, 0.5) is 5.69 Å².